The van der Waals surface area contributed by atoms with E-state index in [0.717, 1.165) is 17.3 Å². The van der Waals surface area contributed by atoms with Crippen molar-refractivity contribution in [2.24, 2.45) is 16.3 Å². The van der Waals surface area contributed by atoms with E-state index in [4.69, 9.17) is 14.5 Å². The number of nitro benzene ring substituents is 1. The number of ether oxygens (including phenoxy) is 2. The topological polar surface area (TPSA) is 125 Å². The molecule has 3 aromatic carbocycles. The van der Waals surface area contributed by atoms with Crippen LogP contribution in [0.4, 0.5) is 11.4 Å². The Morgan fingerprint density at radius 2 is 1.48 bits per heavy atom. The first-order valence-corrected chi connectivity index (χ1v) is 13.6. The second kappa shape index (κ2) is 12.3. The summed E-state index contributed by atoms with van der Waals surface area (Å²) in [6.45, 7) is 5.05. The van der Waals surface area contributed by atoms with E-state index in [9.17, 15) is 24.5 Å². The Labute approximate surface area is 235 Å². The highest BCUT2D eigenvalue weighted by Gasteiger charge is 2.68. The largest absolute Gasteiger partial charge is 0.465 e. The zero-order chi connectivity index (χ0) is 28.9. The molecule has 2 atom stereocenters. The minimum atomic E-state index is -2.21. The van der Waals surface area contributed by atoms with Gasteiger partial charge in [-0.15, -0.1) is 0 Å². The molecule has 0 amide bonds. The zero-order valence-electron chi connectivity index (χ0n) is 22.2. The normalized spacial score (nSPS) is 18.7. The van der Waals surface area contributed by atoms with E-state index in [-0.39, 0.29) is 29.5 Å². The van der Waals surface area contributed by atoms with Gasteiger partial charge < -0.3 is 9.47 Å². The molecule has 0 unspecified atom stereocenters. The van der Waals surface area contributed by atoms with Gasteiger partial charge in [0.1, 0.15) is 5.04 Å². The van der Waals surface area contributed by atoms with Gasteiger partial charge in [0.05, 0.1) is 29.7 Å². The van der Waals surface area contributed by atoms with Crippen LogP contribution in [0.1, 0.15) is 40.6 Å². The number of non-ortho nitro benzene ring substituents is 1. The highest BCUT2D eigenvalue weighted by atomic mass is 32.2. The number of rotatable bonds is 9. The molecule has 0 N–H and O–H groups in total. The van der Waals surface area contributed by atoms with Crippen molar-refractivity contribution in [3.8, 4) is 0 Å². The van der Waals surface area contributed by atoms with Crippen LogP contribution in [0.15, 0.2) is 83.9 Å². The Bertz CT molecular complexity index is 1420. The molecule has 0 radical (unpaired) electrons. The molecule has 1 saturated heterocycles. The van der Waals surface area contributed by atoms with Gasteiger partial charge in [0, 0.05) is 22.9 Å². The fourth-order valence-electron chi connectivity index (χ4n) is 4.66. The summed E-state index contributed by atoms with van der Waals surface area (Å²) in [6.07, 6.45) is 0. The first kappa shape index (κ1) is 28.7. The van der Waals surface area contributed by atoms with Gasteiger partial charge >= 0.3 is 11.9 Å². The molecule has 0 bridgehead atoms. The molecule has 4 rings (SSSR count). The van der Waals surface area contributed by atoms with Gasteiger partial charge in [-0.2, -0.15) is 0 Å². The van der Waals surface area contributed by atoms with Gasteiger partial charge in [0.2, 0.25) is 5.41 Å². The molecule has 1 aliphatic heterocycles. The second-order valence-electron chi connectivity index (χ2n) is 9.10. The van der Waals surface area contributed by atoms with E-state index in [1.165, 1.54) is 24.3 Å². The van der Waals surface area contributed by atoms with Crippen LogP contribution in [-0.2, 0) is 19.1 Å². The number of aryl methyl sites for hydroxylation is 1. The van der Waals surface area contributed by atoms with Gasteiger partial charge in [-0.05, 0) is 38.5 Å². The molecule has 1 aliphatic rings. The minimum Gasteiger partial charge on any atom is -0.465 e. The molecule has 40 heavy (non-hydrogen) atoms. The third-order valence-corrected chi connectivity index (χ3v) is 8.01. The van der Waals surface area contributed by atoms with Crippen LogP contribution in [0.5, 0.6) is 0 Å². The number of hydrogen-bond donors (Lipinski definition) is 0. The van der Waals surface area contributed by atoms with E-state index in [2.05, 4.69) is 0 Å². The number of carbonyl (C=O) groups excluding carboxylic acids is 3. The maximum Gasteiger partial charge on any atom is 0.331 e. The third kappa shape index (κ3) is 5.40. The molecule has 0 aliphatic carbocycles. The van der Waals surface area contributed by atoms with Crippen molar-refractivity contribution in [3.63, 3.8) is 0 Å². The number of Topliss-reactive ketones (excluding diaryl/α,β-unsaturated/α-hetero) is 1. The number of thioether (sulfide) groups is 1. The van der Waals surface area contributed by atoms with Crippen molar-refractivity contribution in [1.82, 2.24) is 0 Å². The van der Waals surface area contributed by atoms with Gasteiger partial charge in [-0.25, -0.2) is 4.99 Å². The van der Waals surface area contributed by atoms with Crippen molar-refractivity contribution < 1.29 is 28.8 Å². The van der Waals surface area contributed by atoms with Crippen LogP contribution in [0.2, 0.25) is 0 Å². The van der Waals surface area contributed by atoms with Crippen LogP contribution in [-0.4, -0.2) is 40.9 Å². The number of carbonyl (C=O) groups is 3. The summed E-state index contributed by atoms with van der Waals surface area (Å²) in [5.41, 5.74) is -0.0758. The SMILES string of the molecule is CCOC(=O)C1(C(=O)OCC)C(=Nc2ccc(C)cc2)S[C@H](c2ccc([N+](=O)[O-])cc2)[C@H]1C(=O)c1ccccc1. The van der Waals surface area contributed by atoms with Crippen LogP contribution in [0.25, 0.3) is 0 Å². The number of esters is 2. The lowest BCUT2D eigenvalue weighted by Crippen LogP contribution is -2.52. The maximum atomic E-state index is 14.3. The first-order chi connectivity index (χ1) is 19.2. The number of nitro groups is 1. The van der Waals surface area contributed by atoms with Gasteiger partial charge in [-0.3, -0.25) is 24.5 Å². The highest BCUT2D eigenvalue weighted by molar-refractivity contribution is 8.14. The Balaban J connectivity index is 2.02. The van der Waals surface area contributed by atoms with Gasteiger partial charge in [0.15, 0.2) is 5.78 Å². The van der Waals surface area contributed by atoms with Crippen LogP contribution in [0.3, 0.4) is 0 Å². The van der Waals surface area contributed by atoms with Crippen molar-refractivity contribution >= 4 is 45.9 Å². The molecule has 1 fully saturated rings. The smallest absolute Gasteiger partial charge is 0.331 e. The van der Waals surface area contributed by atoms with Crippen molar-refractivity contribution in [3.05, 3.63) is 106 Å². The van der Waals surface area contributed by atoms with Crippen molar-refractivity contribution in [1.29, 1.82) is 0 Å². The monoisotopic (exact) mass is 560 g/mol. The first-order valence-electron chi connectivity index (χ1n) is 12.7. The zero-order valence-corrected chi connectivity index (χ0v) is 23.1. The summed E-state index contributed by atoms with van der Waals surface area (Å²) in [5.74, 6) is -3.67. The highest BCUT2D eigenvalue weighted by Crippen LogP contribution is 2.59. The average molecular weight is 561 g/mol. The summed E-state index contributed by atoms with van der Waals surface area (Å²) in [7, 11) is 0. The Morgan fingerprint density at radius 1 is 0.900 bits per heavy atom. The number of nitrogens with zero attached hydrogens (tertiary/aromatic N) is 2. The Hall–Kier alpha value is -4.31. The summed E-state index contributed by atoms with van der Waals surface area (Å²) in [5, 5.41) is 10.5. The number of aliphatic imine (C=N–C) groups is 1. The summed E-state index contributed by atoms with van der Waals surface area (Å²) >= 11 is 1.08. The van der Waals surface area contributed by atoms with E-state index in [0.29, 0.717) is 11.3 Å². The molecular weight excluding hydrogens is 532 g/mol. The predicted octanol–water partition coefficient (Wildman–Crippen LogP) is 6.03. The fourth-order valence-corrected chi connectivity index (χ4v) is 6.29. The summed E-state index contributed by atoms with van der Waals surface area (Å²) < 4.78 is 10.9. The Kier molecular flexibility index (Phi) is 8.79. The molecule has 0 spiro atoms. The molecule has 9 nitrogen and oxygen atoms in total. The fraction of sp³-hybridized carbons (Fsp3) is 0.267. The number of hydrogen-bond acceptors (Lipinski definition) is 9. The molecule has 1 heterocycles. The number of ketones is 1. The maximum absolute atomic E-state index is 14.3. The van der Waals surface area contributed by atoms with Crippen LogP contribution >= 0.6 is 11.8 Å². The summed E-state index contributed by atoms with van der Waals surface area (Å²) in [4.78, 5) is 57.7. The van der Waals surface area contributed by atoms with Gasteiger partial charge in [0.25, 0.3) is 5.69 Å². The quantitative estimate of drug-likeness (QED) is 0.102. The predicted molar refractivity (Wildman–Crippen MR) is 152 cm³/mol. The van der Waals surface area contributed by atoms with E-state index >= 15 is 0 Å². The van der Waals surface area contributed by atoms with Crippen molar-refractivity contribution in [2.75, 3.05) is 13.2 Å². The molecule has 206 valence electrons. The lowest BCUT2D eigenvalue weighted by Gasteiger charge is -2.31. The molecular formula is C30H28N2O7S. The lowest BCUT2D eigenvalue weighted by atomic mass is 9.69. The standard InChI is InChI=1S/C30H28N2O7S/c1-4-38-28(34)30(29(35)39-5-2)24(25(33)20-9-7-6-8-10-20)26(21-13-17-23(18-14-21)32(36)37)40-27(30)31-22-15-11-19(3)12-16-22/h6-18,24,26H,4-5H2,1-3H3/t24-,26-/m1/s1. The number of benzene rings is 3. The molecule has 0 saturated carbocycles. The summed E-state index contributed by atoms with van der Waals surface area (Å²) in [6, 6.07) is 21.2. The van der Waals surface area contributed by atoms with Crippen LogP contribution < -0.4 is 0 Å². The Morgan fingerprint density at radius 3 is 2.00 bits per heavy atom. The van der Waals surface area contributed by atoms with Crippen LogP contribution in [0, 0.1) is 28.4 Å². The van der Waals surface area contributed by atoms with E-state index < -0.39 is 39.2 Å². The minimum absolute atomic E-state index is 0.0447. The second-order valence-corrected chi connectivity index (χ2v) is 10.2. The lowest BCUT2D eigenvalue weighted by molar-refractivity contribution is -0.384. The van der Waals surface area contributed by atoms with E-state index in [1.807, 2.05) is 19.1 Å². The van der Waals surface area contributed by atoms with Crippen molar-refractivity contribution in [2.45, 2.75) is 26.0 Å². The molecule has 3 aromatic rings. The van der Waals surface area contributed by atoms with E-state index in [1.54, 1.807) is 56.3 Å². The van der Waals surface area contributed by atoms with Gasteiger partial charge in [-0.1, -0.05) is 71.9 Å². The molecule has 0 aromatic heterocycles. The molecule has 10 heteroatoms. The third-order valence-electron chi connectivity index (χ3n) is 6.58. The average Bonchev–Trinajstić information content (AvgIpc) is 3.30.